The summed E-state index contributed by atoms with van der Waals surface area (Å²) in [5, 5.41) is 10.6. The van der Waals surface area contributed by atoms with Crippen molar-refractivity contribution in [1.82, 2.24) is 29.1 Å². The number of hydrogen-bond acceptors (Lipinski definition) is 12. The number of ether oxygens (including phenoxy) is 3. The molecule has 0 amide bonds. The van der Waals surface area contributed by atoms with Crippen LogP contribution < -0.4 is 9.80 Å². The average molecular weight is 1300 g/mol. The number of carbonyl (C=O) groups excluding carboxylic acids is 3. The molecule has 2 fully saturated rings. The number of imidazole rings is 3. The van der Waals surface area contributed by atoms with Crippen LogP contribution in [0.3, 0.4) is 0 Å². The summed E-state index contributed by atoms with van der Waals surface area (Å²) < 4.78 is 63.4. The van der Waals surface area contributed by atoms with E-state index in [1.54, 1.807) is 139 Å². The number of esters is 1. The van der Waals surface area contributed by atoms with Crippen molar-refractivity contribution in [2.75, 3.05) is 42.6 Å². The minimum absolute atomic E-state index is 0.132. The number of nitrogens with one attached hydrogen (secondary N) is 1. The lowest BCUT2D eigenvalue weighted by atomic mass is 9.96. The Bertz CT molecular complexity index is 4030. The fraction of sp³-hybridized carbons (Fsp3) is 0.317. The topological polar surface area (TPSA) is 187 Å². The summed E-state index contributed by atoms with van der Waals surface area (Å²) in [5.41, 5.74) is 4.31. The summed E-state index contributed by atoms with van der Waals surface area (Å²) in [6.45, 7) is 15.3. The number of nitrogens with zero attached hydrogens (tertiary/aromatic N) is 7. The lowest BCUT2D eigenvalue weighted by Crippen LogP contribution is -2.37. The molecule has 0 bridgehead atoms. The maximum Gasteiger partial charge on any atom is 0.420 e. The highest BCUT2D eigenvalue weighted by Gasteiger charge is 2.31. The van der Waals surface area contributed by atoms with E-state index in [-0.39, 0.29) is 46.4 Å². The number of piperidine rings is 2. The Hall–Kier alpha value is -7.65. The van der Waals surface area contributed by atoms with Crippen LogP contribution in [-0.4, -0.2) is 102 Å². The largest absolute Gasteiger partial charge is 0.481 e. The van der Waals surface area contributed by atoms with Gasteiger partial charge >= 0.3 is 24.1 Å². The molecule has 9 aromatic rings. The molecule has 16 nitrogen and oxygen atoms in total. The van der Waals surface area contributed by atoms with E-state index in [0.29, 0.717) is 111 Å². The first-order valence-corrected chi connectivity index (χ1v) is 29.6. The molecule has 0 spiro atoms. The highest BCUT2D eigenvalue weighted by atomic mass is 79.9. The molecular formula is C63H61BrCl3F3N8O8. The Balaban J connectivity index is 0.000000157. The van der Waals surface area contributed by atoms with E-state index in [1.807, 2.05) is 0 Å². The third-order valence-corrected chi connectivity index (χ3v) is 15.3. The molecule has 0 saturated carbocycles. The van der Waals surface area contributed by atoms with E-state index in [9.17, 15) is 28.0 Å². The fourth-order valence-corrected chi connectivity index (χ4v) is 10.9. The molecule has 2 aliphatic rings. The molecule has 0 aliphatic carbocycles. The number of carboxylic acids is 1. The second-order valence-electron chi connectivity index (χ2n) is 22.6. The molecule has 86 heavy (non-hydrogen) atoms. The Kier molecular flexibility index (Phi) is 19.1. The zero-order chi connectivity index (χ0) is 61.9. The lowest BCUT2D eigenvalue weighted by Gasteiger charge is -2.32. The Morgan fingerprint density at radius 2 is 1.02 bits per heavy atom. The van der Waals surface area contributed by atoms with Crippen LogP contribution in [0.25, 0.3) is 67.3 Å². The second kappa shape index (κ2) is 26.1. The predicted molar refractivity (Wildman–Crippen MR) is 332 cm³/mol. The summed E-state index contributed by atoms with van der Waals surface area (Å²) in [4.78, 5) is 69.8. The van der Waals surface area contributed by atoms with Crippen LogP contribution >= 0.6 is 50.7 Å². The van der Waals surface area contributed by atoms with Gasteiger partial charge in [-0.05, 0) is 183 Å². The van der Waals surface area contributed by atoms with Crippen LogP contribution in [0.1, 0.15) is 74.1 Å². The number of rotatable bonds is 8. The number of fused-ring (bicyclic) bond motifs is 3. The van der Waals surface area contributed by atoms with E-state index in [4.69, 9.17) is 54.1 Å². The fourth-order valence-electron chi connectivity index (χ4n) is 10.0. The highest BCUT2D eigenvalue weighted by Crippen LogP contribution is 2.36. The molecule has 0 atom stereocenters. The number of hydrogen-bond donors (Lipinski definition) is 2. The predicted octanol–water partition coefficient (Wildman–Crippen LogP) is 16.4. The van der Waals surface area contributed by atoms with Crippen LogP contribution in [0.2, 0.25) is 15.1 Å². The smallest absolute Gasteiger partial charge is 0.420 e. The quantitative estimate of drug-likeness (QED) is 0.108. The minimum Gasteiger partial charge on any atom is -0.481 e. The molecule has 0 unspecified atom stereocenters. The zero-order valence-electron chi connectivity index (χ0n) is 48.0. The van der Waals surface area contributed by atoms with Gasteiger partial charge in [-0.1, -0.05) is 50.7 Å². The van der Waals surface area contributed by atoms with Crippen molar-refractivity contribution in [3.8, 4) is 34.2 Å². The van der Waals surface area contributed by atoms with E-state index in [2.05, 4.69) is 45.7 Å². The van der Waals surface area contributed by atoms with Crippen LogP contribution in [-0.2, 0) is 23.8 Å². The van der Waals surface area contributed by atoms with Gasteiger partial charge in [0.05, 0.1) is 68.2 Å². The molecule has 11 rings (SSSR count). The number of aromatic nitrogens is 6. The first kappa shape index (κ1) is 62.9. The molecule has 2 saturated heterocycles. The molecule has 23 heteroatoms. The van der Waals surface area contributed by atoms with Gasteiger partial charge in [-0.3, -0.25) is 9.59 Å². The van der Waals surface area contributed by atoms with Crippen molar-refractivity contribution in [3.05, 3.63) is 146 Å². The summed E-state index contributed by atoms with van der Waals surface area (Å²) in [6, 6.07) is 29.3. The van der Waals surface area contributed by atoms with Crippen molar-refractivity contribution in [2.24, 2.45) is 11.8 Å². The van der Waals surface area contributed by atoms with E-state index in [1.165, 1.54) is 27.3 Å². The number of benzene rings is 6. The molecule has 5 heterocycles. The van der Waals surface area contributed by atoms with E-state index < -0.39 is 41.0 Å². The van der Waals surface area contributed by atoms with Crippen LogP contribution in [0, 0.1) is 29.3 Å². The van der Waals surface area contributed by atoms with Gasteiger partial charge in [0.2, 0.25) is 0 Å². The Morgan fingerprint density at radius 1 is 0.581 bits per heavy atom. The number of H-pyrrole nitrogens is 1. The minimum atomic E-state index is -0.749. The number of aromatic amines is 1. The third kappa shape index (κ3) is 14.8. The van der Waals surface area contributed by atoms with Crippen molar-refractivity contribution in [2.45, 2.75) is 85.4 Å². The van der Waals surface area contributed by atoms with Gasteiger partial charge in [-0.25, -0.2) is 46.8 Å². The summed E-state index contributed by atoms with van der Waals surface area (Å²) in [6.07, 6.45) is 1.20. The molecule has 450 valence electrons. The van der Waals surface area contributed by atoms with Gasteiger partial charge in [-0.15, -0.1) is 0 Å². The molecule has 3 aromatic heterocycles. The average Bonchev–Trinajstić information content (AvgIpc) is 2.32. The number of aliphatic carboxylic acids is 1. The second-order valence-corrected chi connectivity index (χ2v) is 24.8. The molecule has 6 aromatic carbocycles. The van der Waals surface area contributed by atoms with Gasteiger partial charge in [0, 0.05) is 57.1 Å². The maximum absolute atomic E-state index is 15.2. The summed E-state index contributed by atoms with van der Waals surface area (Å²) >= 11 is 21.5. The Morgan fingerprint density at radius 3 is 1.51 bits per heavy atom. The van der Waals surface area contributed by atoms with Gasteiger partial charge in [-0.2, -0.15) is 0 Å². The van der Waals surface area contributed by atoms with Gasteiger partial charge < -0.3 is 34.1 Å². The van der Waals surface area contributed by atoms with Gasteiger partial charge in [0.1, 0.15) is 34.5 Å². The first-order valence-electron chi connectivity index (χ1n) is 27.7. The van der Waals surface area contributed by atoms with Crippen LogP contribution in [0.4, 0.5) is 34.1 Å². The molecular weight excluding hydrogens is 1240 g/mol. The van der Waals surface area contributed by atoms with Crippen molar-refractivity contribution in [1.29, 1.82) is 0 Å². The molecule has 2 aliphatic heterocycles. The maximum atomic E-state index is 15.2. The van der Waals surface area contributed by atoms with Crippen molar-refractivity contribution < 1.29 is 51.7 Å². The van der Waals surface area contributed by atoms with Crippen molar-refractivity contribution in [3.63, 3.8) is 0 Å². The summed E-state index contributed by atoms with van der Waals surface area (Å²) in [5.74, 6) is -1.97. The van der Waals surface area contributed by atoms with E-state index >= 15 is 4.39 Å². The zero-order valence-corrected chi connectivity index (χ0v) is 51.8. The monoisotopic (exact) mass is 1300 g/mol. The first-order chi connectivity index (χ1) is 40.7. The van der Waals surface area contributed by atoms with E-state index in [0.717, 1.165) is 22.4 Å². The number of carboxylic acid groups (broad SMARTS) is 1. The molecule has 0 radical (unpaired) electrons. The number of halogens is 7. The molecule has 2 N–H and O–H groups in total. The van der Waals surface area contributed by atoms with Gasteiger partial charge in [0.15, 0.2) is 11.6 Å². The third-order valence-electron chi connectivity index (χ3n) is 14.1. The normalized spacial score (nSPS) is 14.2. The van der Waals surface area contributed by atoms with Crippen molar-refractivity contribution >= 4 is 119 Å². The lowest BCUT2D eigenvalue weighted by molar-refractivity contribution is -0.148. The Labute approximate surface area is 517 Å². The SMILES string of the molecule is CC(C)(C)OC(=O)n1c(-c2cc(Br)ccc2F)nc2cc(Cl)ccc21.CCOC(=O)C1CCN(c2ccc(F)c(-c3nc4cc(Cl)ccc4n3C(=O)OC(C)(C)C)c2)CC1.O=C(O)C1CCN(c2ccc(F)c(-c3nc4ccc(Cl)cc4[nH]3)c2)CC1. The standard InChI is InChI=1S/C26H29ClFN3O4.C19H17ClFN3O2.C18H15BrClFN2O2/c1-5-34-24(32)16-10-12-30(13-11-16)18-7-8-20(28)19(15-18)23-29-21-14-17(27)6-9-22(21)31(23)25(33)35-26(2,3)4;20-12-1-4-16-17(9-12)23-18(22-16)14-10-13(2-3-15(14)21)24-7-5-11(6-8-24)19(25)26;1-18(2,3)25-17(24)23-15-7-5-11(20)9-14(15)22-16(23)12-8-10(19)4-6-13(12)21/h6-9,14-16H,5,10-13H2,1-4H3;1-4,9-11H,5-8H2,(H,22,23)(H,25,26);4-9H,1-3H3. The van der Waals surface area contributed by atoms with Crippen LogP contribution in [0.15, 0.2) is 114 Å². The van der Waals surface area contributed by atoms with Gasteiger partial charge in [0.25, 0.3) is 0 Å². The van der Waals surface area contributed by atoms with Crippen LogP contribution in [0.5, 0.6) is 0 Å². The number of anilines is 2. The number of carbonyl (C=O) groups is 4. The summed E-state index contributed by atoms with van der Waals surface area (Å²) in [7, 11) is 0. The highest BCUT2D eigenvalue weighted by molar-refractivity contribution is 9.10.